The van der Waals surface area contributed by atoms with Gasteiger partial charge < -0.3 is 19.7 Å². The zero-order valence-corrected chi connectivity index (χ0v) is 9.90. The van der Waals surface area contributed by atoms with Gasteiger partial charge in [-0.2, -0.15) is 16.7 Å². The summed E-state index contributed by atoms with van der Waals surface area (Å²) >= 11 is 1.82. The first-order valence-corrected chi connectivity index (χ1v) is 6.24. The van der Waals surface area contributed by atoms with E-state index in [0.717, 1.165) is 18.1 Å². The van der Waals surface area contributed by atoms with Crippen LogP contribution in [0.15, 0.2) is 4.52 Å². The van der Waals surface area contributed by atoms with Crippen molar-refractivity contribution in [3.8, 4) is 0 Å². The van der Waals surface area contributed by atoms with Crippen molar-refractivity contribution in [3.63, 3.8) is 0 Å². The van der Waals surface area contributed by atoms with Crippen molar-refractivity contribution < 1.29 is 14.0 Å². The van der Waals surface area contributed by atoms with Gasteiger partial charge in [0.15, 0.2) is 0 Å². The second-order valence-electron chi connectivity index (χ2n) is 3.49. The predicted octanol–water partition coefficient (Wildman–Crippen LogP) is 0.520. The molecule has 0 amide bonds. The van der Waals surface area contributed by atoms with Crippen LogP contribution >= 0.6 is 11.8 Å². The summed E-state index contributed by atoms with van der Waals surface area (Å²) in [7, 11) is 1.58. The molecule has 0 bridgehead atoms. The third kappa shape index (κ3) is 2.73. The summed E-state index contributed by atoms with van der Waals surface area (Å²) in [5, 5.41) is 3.88. The molecule has 2 rings (SSSR count). The van der Waals surface area contributed by atoms with Crippen LogP contribution in [0.1, 0.15) is 23.9 Å². The van der Waals surface area contributed by atoms with Crippen LogP contribution in [0.25, 0.3) is 0 Å². The first-order chi connectivity index (χ1) is 7.81. The quantitative estimate of drug-likeness (QED) is 0.827. The SMILES string of the molecule is COCC(N)c1nc(C2CSCCO2)no1. The molecule has 2 N–H and O–H groups in total. The molecular formula is C9H15N3O3S. The first kappa shape index (κ1) is 11.8. The molecule has 1 fully saturated rings. The van der Waals surface area contributed by atoms with Crippen LogP contribution in [0.2, 0.25) is 0 Å². The molecule has 1 aromatic rings. The highest BCUT2D eigenvalue weighted by Gasteiger charge is 2.23. The Balaban J connectivity index is 2.00. The highest BCUT2D eigenvalue weighted by atomic mass is 32.2. The molecule has 90 valence electrons. The van der Waals surface area contributed by atoms with Gasteiger partial charge in [-0.3, -0.25) is 0 Å². The van der Waals surface area contributed by atoms with Crippen LogP contribution in [0, 0.1) is 0 Å². The summed E-state index contributed by atoms with van der Waals surface area (Å²) in [6, 6.07) is -0.373. The molecule has 16 heavy (non-hydrogen) atoms. The minimum atomic E-state index is -0.373. The van der Waals surface area contributed by atoms with Crippen molar-refractivity contribution in [1.82, 2.24) is 10.1 Å². The van der Waals surface area contributed by atoms with E-state index < -0.39 is 0 Å². The Morgan fingerprint density at radius 2 is 2.56 bits per heavy atom. The summed E-state index contributed by atoms with van der Waals surface area (Å²) in [4.78, 5) is 4.23. The van der Waals surface area contributed by atoms with Crippen molar-refractivity contribution in [1.29, 1.82) is 0 Å². The van der Waals surface area contributed by atoms with Gasteiger partial charge in [0.2, 0.25) is 11.7 Å². The average Bonchev–Trinajstić information content (AvgIpc) is 2.80. The van der Waals surface area contributed by atoms with Gasteiger partial charge in [-0.1, -0.05) is 5.16 Å². The van der Waals surface area contributed by atoms with Gasteiger partial charge in [0, 0.05) is 18.6 Å². The Hall–Kier alpha value is -0.630. The first-order valence-electron chi connectivity index (χ1n) is 5.08. The Labute approximate surface area is 97.9 Å². The topological polar surface area (TPSA) is 83.4 Å². The van der Waals surface area contributed by atoms with E-state index in [0.29, 0.717) is 18.3 Å². The highest BCUT2D eigenvalue weighted by molar-refractivity contribution is 7.99. The Bertz CT molecular complexity index is 328. The zero-order chi connectivity index (χ0) is 11.4. The standard InChI is InChI=1S/C9H15N3O3S/c1-13-4-6(10)9-11-8(12-15-9)7-5-16-3-2-14-7/h6-7H,2-5,10H2,1H3. The number of nitrogens with two attached hydrogens (primary N) is 1. The maximum atomic E-state index is 5.78. The van der Waals surface area contributed by atoms with Crippen LogP contribution in [0.5, 0.6) is 0 Å². The van der Waals surface area contributed by atoms with Crippen molar-refractivity contribution in [2.45, 2.75) is 12.1 Å². The molecule has 1 aliphatic rings. The van der Waals surface area contributed by atoms with Crippen LogP contribution < -0.4 is 5.73 Å². The van der Waals surface area contributed by atoms with E-state index in [1.54, 1.807) is 7.11 Å². The fourth-order valence-corrected chi connectivity index (χ4v) is 2.26. The third-order valence-electron chi connectivity index (χ3n) is 2.22. The lowest BCUT2D eigenvalue weighted by atomic mass is 10.3. The van der Waals surface area contributed by atoms with Gasteiger partial charge in [0.1, 0.15) is 12.1 Å². The third-order valence-corrected chi connectivity index (χ3v) is 3.22. The Kier molecular flexibility index (Phi) is 4.16. The van der Waals surface area contributed by atoms with E-state index in [2.05, 4.69) is 10.1 Å². The van der Waals surface area contributed by atoms with Crippen molar-refractivity contribution in [2.75, 3.05) is 31.8 Å². The molecule has 0 saturated carbocycles. The van der Waals surface area contributed by atoms with Crippen molar-refractivity contribution in [3.05, 3.63) is 11.7 Å². The number of hydrogen-bond donors (Lipinski definition) is 1. The predicted molar refractivity (Wildman–Crippen MR) is 59.1 cm³/mol. The molecule has 2 unspecified atom stereocenters. The zero-order valence-electron chi connectivity index (χ0n) is 9.09. The normalized spacial score (nSPS) is 23.2. The van der Waals surface area contributed by atoms with E-state index in [4.69, 9.17) is 19.7 Å². The van der Waals surface area contributed by atoms with E-state index in [9.17, 15) is 0 Å². The molecule has 1 aliphatic heterocycles. The van der Waals surface area contributed by atoms with Crippen molar-refractivity contribution >= 4 is 11.8 Å². The second kappa shape index (κ2) is 5.62. The molecule has 1 saturated heterocycles. The number of rotatable bonds is 4. The molecule has 2 atom stereocenters. The van der Waals surface area contributed by atoms with Gasteiger partial charge >= 0.3 is 0 Å². The minimum Gasteiger partial charge on any atom is -0.383 e. The molecule has 6 nitrogen and oxygen atoms in total. The maximum Gasteiger partial charge on any atom is 0.246 e. The smallest absolute Gasteiger partial charge is 0.246 e. The van der Waals surface area contributed by atoms with Crippen molar-refractivity contribution in [2.24, 2.45) is 5.73 Å². The van der Waals surface area contributed by atoms with E-state index in [1.165, 1.54) is 0 Å². The minimum absolute atomic E-state index is 0.0778. The molecule has 0 spiro atoms. The molecular weight excluding hydrogens is 230 g/mol. The summed E-state index contributed by atoms with van der Waals surface area (Å²) in [6.45, 7) is 1.09. The number of thioether (sulfide) groups is 1. The maximum absolute atomic E-state index is 5.78. The van der Waals surface area contributed by atoms with Gasteiger partial charge in [-0.25, -0.2) is 0 Å². The monoisotopic (exact) mass is 245 g/mol. The molecule has 0 aromatic carbocycles. The summed E-state index contributed by atoms with van der Waals surface area (Å²) in [5.41, 5.74) is 5.78. The van der Waals surface area contributed by atoms with E-state index in [1.807, 2.05) is 11.8 Å². The number of nitrogens with zero attached hydrogens (tertiary/aromatic N) is 2. The van der Waals surface area contributed by atoms with Gasteiger partial charge in [-0.15, -0.1) is 0 Å². The average molecular weight is 245 g/mol. The molecule has 7 heteroatoms. The number of methoxy groups -OCH3 is 1. The Morgan fingerprint density at radius 1 is 1.69 bits per heavy atom. The summed E-state index contributed by atoms with van der Waals surface area (Å²) in [6.07, 6.45) is -0.0778. The van der Waals surface area contributed by atoms with Crippen LogP contribution in [-0.4, -0.2) is 42.0 Å². The van der Waals surface area contributed by atoms with Crippen LogP contribution in [0.3, 0.4) is 0 Å². The van der Waals surface area contributed by atoms with Gasteiger partial charge in [0.25, 0.3) is 0 Å². The second-order valence-corrected chi connectivity index (χ2v) is 4.64. The van der Waals surface area contributed by atoms with Crippen LogP contribution in [-0.2, 0) is 9.47 Å². The molecule has 0 radical (unpaired) electrons. The Morgan fingerprint density at radius 3 is 3.25 bits per heavy atom. The summed E-state index contributed by atoms with van der Waals surface area (Å²) < 4.78 is 15.5. The molecule has 2 heterocycles. The van der Waals surface area contributed by atoms with Gasteiger partial charge in [0.05, 0.1) is 13.2 Å². The highest BCUT2D eigenvalue weighted by Crippen LogP contribution is 2.25. The lowest BCUT2D eigenvalue weighted by molar-refractivity contribution is 0.0677. The number of aromatic nitrogens is 2. The lowest BCUT2D eigenvalue weighted by Gasteiger charge is -2.18. The summed E-state index contributed by atoms with van der Waals surface area (Å²) in [5.74, 6) is 2.85. The number of hydrogen-bond acceptors (Lipinski definition) is 7. The fraction of sp³-hybridized carbons (Fsp3) is 0.778. The van der Waals surface area contributed by atoms with Gasteiger partial charge in [-0.05, 0) is 0 Å². The largest absolute Gasteiger partial charge is 0.383 e. The fourth-order valence-electron chi connectivity index (χ4n) is 1.42. The lowest BCUT2D eigenvalue weighted by Crippen LogP contribution is -2.18. The molecule has 1 aromatic heterocycles. The van der Waals surface area contributed by atoms with Crippen LogP contribution in [0.4, 0.5) is 0 Å². The van der Waals surface area contributed by atoms with E-state index in [-0.39, 0.29) is 12.1 Å². The van der Waals surface area contributed by atoms with E-state index >= 15 is 0 Å². The number of ether oxygens (including phenoxy) is 2. The molecule has 0 aliphatic carbocycles.